The van der Waals surface area contributed by atoms with E-state index in [9.17, 15) is 28.8 Å². The van der Waals surface area contributed by atoms with E-state index < -0.39 is 40.4 Å². The molecule has 0 aliphatic carbocycles. The molecule has 2 amide bonds. The summed E-state index contributed by atoms with van der Waals surface area (Å²) in [4.78, 5) is 76.6. The Morgan fingerprint density at radius 3 is 2.45 bits per heavy atom. The number of benzene rings is 2. The van der Waals surface area contributed by atoms with E-state index in [4.69, 9.17) is 10.8 Å². The van der Waals surface area contributed by atoms with Crippen molar-refractivity contribution < 1.29 is 24.0 Å². The number of anilines is 3. The molecule has 1 atom stereocenters. The van der Waals surface area contributed by atoms with Gasteiger partial charge in [0.2, 0.25) is 0 Å². The Balaban J connectivity index is 1.33. The molecule has 2 heterocycles. The van der Waals surface area contributed by atoms with Crippen molar-refractivity contribution in [2.75, 3.05) is 11.1 Å². The molecule has 0 bridgehead atoms. The molecular formula is C27H21N7O8. The van der Waals surface area contributed by atoms with Crippen LogP contribution in [0.3, 0.4) is 0 Å². The van der Waals surface area contributed by atoms with Crippen molar-refractivity contribution in [3.63, 3.8) is 0 Å². The molecule has 0 saturated carbocycles. The van der Waals surface area contributed by atoms with Gasteiger partial charge in [0.1, 0.15) is 22.8 Å². The van der Waals surface area contributed by atoms with Gasteiger partial charge in [-0.3, -0.25) is 23.7 Å². The Kier molecular flexibility index (Phi) is 7.06. The smallest absolute Gasteiger partial charge is 0.448 e. The maximum absolute atomic E-state index is 13.2. The maximum atomic E-state index is 13.2. The second-order valence-corrected chi connectivity index (χ2v) is 9.19. The average Bonchev–Trinajstić information content (AvgIpc) is 3.38. The number of carbonyl (C=O) groups excluding carboxylic acids is 2. The third-order valence-electron chi connectivity index (χ3n) is 6.39. The monoisotopic (exact) mass is 571 g/mol. The Morgan fingerprint density at radius 2 is 1.76 bits per heavy atom. The predicted molar refractivity (Wildman–Crippen MR) is 147 cm³/mol. The number of nitrogens with one attached hydrogen (secondary N) is 3. The van der Waals surface area contributed by atoms with Crippen LogP contribution in [0, 0.1) is 0 Å². The fourth-order valence-electron chi connectivity index (χ4n) is 4.11. The van der Waals surface area contributed by atoms with Gasteiger partial charge in [0.25, 0.3) is 28.4 Å². The van der Waals surface area contributed by atoms with Crippen molar-refractivity contribution in [3.05, 3.63) is 114 Å². The van der Waals surface area contributed by atoms with Crippen LogP contribution in [-0.2, 0) is 6.54 Å². The van der Waals surface area contributed by atoms with Gasteiger partial charge >= 0.3 is 11.7 Å². The minimum absolute atomic E-state index is 0.000979. The molecule has 0 spiro atoms. The van der Waals surface area contributed by atoms with Gasteiger partial charge in [-0.15, -0.1) is 0 Å². The molecule has 15 heteroatoms. The number of carbonyl (C=O) groups is 3. The SMILES string of the molecule is C[C@@H](NC(=O)c1cc(C(=O)NCc2cccc(Nc3c(N)c(=O)c3=O)c2)nc2noc(=O)n12)c1ccc(C(=O)O)cc1. The summed E-state index contributed by atoms with van der Waals surface area (Å²) >= 11 is 0. The normalized spacial score (nSPS) is 11.7. The van der Waals surface area contributed by atoms with E-state index >= 15 is 0 Å². The number of nitrogens with zero attached hydrogens (tertiary/aromatic N) is 3. The van der Waals surface area contributed by atoms with Crippen LogP contribution in [0.25, 0.3) is 5.78 Å². The summed E-state index contributed by atoms with van der Waals surface area (Å²) in [5.41, 5.74) is 5.20. The Bertz CT molecular complexity index is 2000. The van der Waals surface area contributed by atoms with Gasteiger partial charge in [0.05, 0.1) is 11.6 Å². The van der Waals surface area contributed by atoms with Crippen LogP contribution >= 0.6 is 0 Å². The first-order valence-corrected chi connectivity index (χ1v) is 12.3. The molecule has 0 aliphatic rings. The van der Waals surface area contributed by atoms with Gasteiger partial charge in [-0.25, -0.2) is 19.0 Å². The van der Waals surface area contributed by atoms with E-state index in [1.807, 2.05) is 0 Å². The first-order valence-electron chi connectivity index (χ1n) is 12.3. The van der Waals surface area contributed by atoms with E-state index in [-0.39, 0.29) is 40.6 Å². The van der Waals surface area contributed by atoms with Crippen LogP contribution in [-0.4, -0.2) is 37.4 Å². The summed E-state index contributed by atoms with van der Waals surface area (Å²) in [6.07, 6.45) is 0. The van der Waals surface area contributed by atoms with Crippen LogP contribution in [0.4, 0.5) is 17.1 Å². The molecule has 212 valence electrons. The van der Waals surface area contributed by atoms with Crippen LogP contribution in [0.2, 0.25) is 0 Å². The lowest BCUT2D eigenvalue weighted by Crippen LogP contribution is -2.36. The van der Waals surface area contributed by atoms with Crippen molar-refractivity contribution in [1.29, 1.82) is 0 Å². The first-order chi connectivity index (χ1) is 20.0. The lowest BCUT2D eigenvalue weighted by Gasteiger charge is -2.15. The first kappa shape index (κ1) is 27.4. The highest BCUT2D eigenvalue weighted by molar-refractivity contribution is 5.98. The third kappa shape index (κ3) is 5.21. The summed E-state index contributed by atoms with van der Waals surface area (Å²) < 4.78 is 5.45. The fraction of sp³-hybridized carbons (Fsp3) is 0.111. The quantitative estimate of drug-likeness (QED) is 0.154. The summed E-state index contributed by atoms with van der Waals surface area (Å²) in [5, 5.41) is 20.7. The molecule has 5 rings (SSSR count). The number of nitrogen functional groups attached to an aromatic ring is 1. The minimum Gasteiger partial charge on any atom is -0.478 e. The molecule has 2 aromatic heterocycles. The zero-order valence-electron chi connectivity index (χ0n) is 21.7. The zero-order valence-corrected chi connectivity index (χ0v) is 21.7. The molecule has 0 radical (unpaired) electrons. The molecule has 0 aliphatic heterocycles. The number of aromatic nitrogens is 3. The molecule has 6 N–H and O–H groups in total. The van der Waals surface area contributed by atoms with E-state index in [1.54, 1.807) is 43.3 Å². The molecule has 0 saturated heterocycles. The Labute approximate surface area is 234 Å². The molecule has 42 heavy (non-hydrogen) atoms. The number of carboxylic acid groups (broad SMARTS) is 1. The highest BCUT2D eigenvalue weighted by atomic mass is 16.5. The van der Waals surface area contributed by atoms with Crippen molar-refractivity contribution in [1.82, 2.24) is 25.2 Å². The summed E-state index contributed by atoms with van der Waals surface area (Å²) in [5.74, 6) is -3.82. The van der Waals surface area contributed by atoms with Crippen LogP contribution < -0.4 is 38.3 Å². The number of fused-ring (bicyclic) bond motifs is 1. The fourth-order valence-corrected chi connectivity index (χ4v) is 4.11. The average molecular weight is 572 g/mol. The summed E-state index contributed by atoms with van der Waals surface area (Å²) in [7, 11) is 0. The minimum atomic E-state index is -1.09. The van der Waals surface area contributed by atoms with Crippen molar-refractivity contribution in [3.8, 4) is 0 Å². The second kappa shape index (κ2) is 10.8. The number of hydrogen-bond donors (Lipinski definition) is 5. The number of carboxylic acids is 1. The molecule has 0 fully saturated rings. The summed E-state index contributed by atoms with van der Waals surface area (Å²) in [6.45, 7) is 1.67. The van der Waals surface area contributed by atoms with Crippen LogP contribution in [0.1, 0.15) is 55.4 Å². The standard InChI is InChI=1S/C27H21N7O8/c1-12(14-5-7-15(8-6-14)25(39)40)30-24(38)18-10-17(32-26-33-42-27(41)34(18)26)23(37)29-11-13-3-2-4-16(9-13)31-20-19(28)21(35)22(20)36/h2-10,12,31H,11,28H2,1H3,(H,29,37)(H,30,38)(H,39,40)/t12-/m1/s1. The molecule has 5 aromatic rings. The zero-order chi connectivity index (χ0) is 30.1. The third-order valence-corrected chi connectivity index (χ3v) is 6.39. The highest BCUT2D eigenvalue weighted by Gasteiger charge is 2.22. The van der Waals surface area contributed by atoms with E-state index in [2.05, 4.69) is 30.6 Å². The number of nitrogens with two attached hydrogens (primary N) is 1. The summed E-state index contributed by atoms with van der Waals surface area (Å²) in [6, 6.07) is 13.0. The van der Waals surface area contributed by atoms with Crippen LogP contribution in [0.15, 0.2) is 73.5 Å². The molecule has 0 unspecified atom stereocenters. The number of aromatic carboxylic acids is 1. The lowest BCUT2D eigenvalue weighted by molar-refractivity contribution is 0.0696. The van der Waals surface area contributed by atoms with Gasteiger partial charge in [-0.2, -0.15) is 0 Å². The van der Waals surface area contributed by atoms with E-state index in [0.717, 1.165) is 10.5 Å². The number of amides is 2. The predicted octanol–water partition coefficient (Wildman–Crippen LogP) is 0.724. The van der Waals surface area contributed by atoms with Gasteiger partial charge in [0.15, 0.2) is 0 Å². The van der Waals surface area contributed by atoms with Gasteiger partial charge < -0.3 is 26.8 Å². The molecule has 3 aromatic carbocycles. The molecular weight excluding hydrogens is 550 g/mol. The maximum Gasteiger partial charge on any atom is 0.448 e. The number of hydrogen-bond acceptors (Lipinski definition) is 11. The largest absolute Gasteiger partial charge is 0.478 e. The van der Waals surface area contributed by atoms with E-state index in [1.165, 1.54) is 12.1 Å². The van der Waals surface area contributed by atoms with Crippen molar-refractivity contribution in [2.24, 2.45) is 0 Å². The number of rotatable bonds is 9. The Morgan fingerprint density at radius 1 is 1.02 bits per heavy atom. The van der Waals surface area contributed by atoms with Gasteiger partial charge in [-0.1, -0.05) is 24.3 Å². The van der Waals surface area contributed by atoms with E-state index in [0.29, 0.717) is 16.8 Å². The highest BCUT2D eigenvalue weighted by Crippen LogP contribution is 2.19. The second-order valence-electron chi connectivity index (χ2n) is 9.19. The Hall–Kier alpha value is -6.12. The van der Waals surface area contributed by atoms with Crippen molar-refractivity contribution >= 4 is 40.6 Å². The molecule has 15 nitrogen and oxygen atoms in total. The lowest BCUT2D eigenvalue weighted by atomic mass is 10.1. The van der Waals surface area contributed by atoms with Crippen LogP contribution in [0.5, 0.6) is 0 Å². The van der Waals surface area contributed by atoms with Gasteiger partial charge in [0, 0.05) is 12.2 Å². The van der Waals surface area contributed by atoms with Gasteiger partial charge in [-0.05, 0) is 53.5 Å². The topological polar surface area (TPSA) is 228 Å². The van der Waals surface area contributed by atoms with Crippen molar-refractivity contribution in [2.45, 2.75) is 19.5 Å².